The molecule has 2 amide bonds. The zero-order valence-corrected chi connectivity index (χ0v) is 27.9. The number of rotatable bonds is 12. The summed E-state index contributed by atoms with van der Waals surface area (Å²) >= 11 is 0. The molecule has 48 heavy (non-hydrogen) atoms. The van der Waals surface area contributed by atoms with E-state index in [0.717, 1.165) is 11.1 Å². The maximum atomic E-state index is 13.6. The molecule has 1 aromatic heterocycles. The number of carbonyl (C=O) groups excluding carboxylic acids is 3. The van der Waals surface area contributed by atoms with Crippen molar-refractivity contribution in [3.8, 4) is 17.2 Å². The van der Waals surface area contributed by atoms with Crippen molar-refractivity contribution in [2.45, 2.75) is 53.1 Å². The molecular weight excluding hydrogens is 620 g/mol. The molecule has 0 radical (unpaired) electrons. The molecule has 0 bridgehead atoms. The number of hydrazine groups is 1. The van der Waals surface area contributed by atoms with Crippen LogP contribution in [0, 0.1) is 5.92 Å². The molecule has 0 unspecified atom stereocenters. The summed E-state index contributed by atoms with van der Waals surface area (Å²) in [5, 5.41) is 5.70. The van der Waals surface area contributed by atoms with Crippen LogP contribution >= 0.6 is 0 Å². The topological polar surface area (TPSA) is 138 Å². The fraction of sp³-hybridized carbons (Fsp3) is 0.371. The van der Waals surface area contributed by atoms with Crippen LogP contribution in [0.5, 0.6) is 17.2 Å². The average Bonchev–Trinajstić information content (AvgIpc) is 3.57. The number of esters is 1. The Bertz CT molecular complexity index is 1760. The molecule has 5 rings (SSSR count). The van der Waals surface area contributed by atoms with E-state index in [1.165, 1.54) is 22.0 Å². The molecule has 2 aromatic carbocycles. The Kier molecular flexibility index (Phi) is 10.1. The number of hydrogen-bond donors (Lipinski definition) is 1. The number of pyridine rings is 1. The summed E-state index contributed by atoms with van der Waals surface area (Å²) in [6, 6.07) is 15.9. The Morgan fingerprint density at radius 1 is 0.917 bits per heavy atom. The fourth-order valence-electron chi connectivity index (χ4n) is 5.23. The Labute approximate surface area is 278 Å². The monoisotopic (exact) mass is 660 g/mol. The molecule has 13 heteroatoms. The molecule has 3 heterocycles. The van der Waals surface area contributed by atoms with Crippen molar-refractivity contribution in [1.29, 1.82) is 0 Å². The van der Waals surface area contributed by atoms with Gasteiger partial charge in [-0.15, -0.1) is 0 Å². The van der Waals surface area contributed by atoms with Gasteiger partial charge in [0.1, 0.15) is 30.3 Å². The summed E-state index contributed by atoms with van der Waals surface area (Å²) < 4.78 is 23.2. The first-order valence-corrected chi connectivity index (χ1v) is 15.5. The molecular formula is C35H40N4O9. The van der Waals surface area contributed by atoms with E-state index in [0.29, 0.717) is 23.7 Å². The molecule has 3 aromatic rings. The van der Waals surface area contributed by atoms with Crippen LogP contribution in [0.25, 0.3) is 0 Å². The lowest BCUT2D eigenvalue weighted by atomic mass is 10.1. The molecule has 0 aliphatic carbocycles. The van der Waals surface area contributed by atoms with E-state index < -0.39 is 22.9 Å². The summed E-state index contributed by atoms with van der Waals surface area (Å²) in [5.74, 6) is -0.540. The molecule has 0 saturated carbocycles. The van der Waals surface area contributed by atoms with E-state index in [9.17, 15) is 19.2 Å². The van der Waals surface area contributed by atoms with Gasteiger partial charge in [0.15, 0.2) is 11.4 Å². The molecule has 1 fully saturated rings. The van der Waals surface area contributed by atoms with E-state index in [-0.39, 0.29) is 55.1 Å². The lowest BCUT2D eigenvalue weighted by Crippen LogP contribution is -2.38. The molecule has 1 atom stereocenters. The molecule has 13 nitrogen and oxygen atoms in total. The molecule has 1 saturated heterocycles. The average molecular weight is 661 g/mol. The number of carbonyl (C=O) groups is 3. The third-order valence-electron chi connectivity index (χ3n) is 7.67. The summed E-state index contributed by atoms with van der Waals surface area (Å²) in [4.78, 5) is 59.1. The molecule has 2 aliphatic rings. The number of amides is 2. The number of aromatic nitrogens is 1. The van der Waals surface area contributed by atoms with Gasteiger partial charge in [-0.3, -0.25) is 14.4 Å². The maximum Gasteiger partial charge on any atom is 0.357 e. The lowest BCUT2D eigenvalue weighted by Gasteiger charge is -2.24. The second-order valence-electron chi connectivity index (χ2n) is 12.5. The van der Waals surface area contributed by atoms with Gasteiger partial charge in [-0.2, -0.15) is 4.73 Å². The van der Waals surface area contributed by atoms with E-state index in [1.54, 1.807) is 71.2 Å². The first-order chi connectivity index (χ1) is 22.9. The van der Waals surface area contributed by atoms with Gasteiger partial charge in [0.2, 0.25) is 11.3 Å². The predicted octanol–water partition coefficient (Wildman–Crippen LogP) is 2.99. The van der Waals surface area contributed by atoms with Gasteiger partial charge in [-0.05, 0) is 56.2 Å². The zero-order valence-electron chi connectivity index (χ0n) is 27.9. The standard InChI is InChI=1S/C35H40N4O9/c1-22-17-37-18-28(31(39(37)33(22)42)34(43)48-35(2,3)4)32(41)36-16-25-15-29(40)30(46-20-23-7-11-26(44-5)12-8-23)19-38(25)47-21-24-9-13-27(45-6)14-10-24/h7-15,19,22H,16-18,20-21H2,1-6H3,(H,36,41)/t22-/m0/s1. The number of nitrogens with zero attached hydrogens (tertiary/aromatic N) is 3. The second-order valence-corrected chi connectivity index (χ2v) is 12.5. The van der Waals surface area contributed by atoms with Gasteiger partial charge in [-0.25, -0.2) is 14.8 Å². The van der Waals surface area contributed by atoms with Crippen LogP contribution in [0.1, 0.15) is 44.5 Å². The first kappa shape index (κ1) is 34.0. The maximum absolute atomic E-state index is 13.6. The number of fused-ring (bicyclic) bond motifs is 1. The van der Waals surface area contributed by atoms with Gasteiger partial charge in [0, 0.05) is 12.6 Å². The molecule has 254 valence electrons. The van der Waals surface area contributed by atoms with Crippen molar-refractivity contribution in [2.24, 2.45) is 5.92 Å². The Morgan fingerprint density at radius 3 is 2.10 bits per heavy atom. The minimum Gasteiger partial charge on any atom is -0.497 e. The number of benzene rings is 2. The number of methoxy groups -OCH3 is 2. The summed E-state index contributed by atoms with van der Waals surface area (Å²) in [5.41, 5.74) is 0.703. The van der Waals surface area contributed by atoms with Gasteiger partial charge in [-0.1, -0.05) is 31.2 Å². The second kappa shape index (κ2) is 14.2. The van der Waals surface area contributed by atoms with E-state index in [4.69, 9.17) is 23.8 Å². The Balaban J connectivity index is 1.39. The van der Waals surface area contributed by atoms with Crippen LogP contribution in [0.4, 0.5) is 0 Å². The lowest BCUT2D eigenvalue weighted by molar-refractivity contribution is -0.156. The quantitative estimate of drug-likeness (QED) is 0.289. The Morgan fingerprint density at radius 2 is 1.52 bits per heavy atom. The van der Waals surface area contributed by atoms with Crippen molar-refractivity contribution in [1.82, 2.24) is 20.1 Å². The molecule has 0 spiro atoms. The van der Waals surface area contributed by atoms with Gasteiger partial charge in [0.25, 0.3) is 5.91 Å². The number of hydrogen-bond acceptors (Lipinski definition) is 10. The van der Waals surface area contributed by atoms with Crippen molar-refractivity contribution in [3.63, 3.8) is 0 Å². The van der Waals surface area contributed by atoms with Crippen molar-refractivity contribution < 1.29 is 38.2 Å². The highest BCUT2D eigenvalue weighted by Crippen LogP contribution is 2.33. The van der Waals surface area contributed by atoms with Crippen LogP contribution in [0.15, 0.2) is 76.9 Å². The summed E-state index contributed by atoms with van der Waals surface area (Å²) in [6.45, 7) is 7.43. The minimum absolute atomic E-state index is 0.0439. The number of nitrogens with one attached hydrogen (secondary N) is 1. The number of ether oxygens (including phenoxy) is 4. The van der Waals surface area contributed by atoms with Crippen LogP contribution in [0.3, 0.4) is 0 Å². The summed E-state index contributed by atoms with van der Waals surface area (Å²) in [7, 11) is 3.16. The molecule has 1 N–H and O–H groups in total. The third kappa shape index (κ3) is 7.80. The smallest absolute Gasteiger partial charge is 0.357 e. The highest BCUT2D eigenvalue weighted by atomic mass is 16.7. The summed E-state index contributed by atoms with van der Waals surface area (Å²) in [6.07, 6.45) is 1.43. The third-order valence-corrected chi connectivity index (χ3v) is 7.67. The van der Waals surface area contributed by atoms with Crippen molar-refractivity contribution in [2.75, 3.05) is 27.3 Å². The fourth-order valence-corrected chi connectivity index (χ4v) is 5.23. The van der Waals surface area contributed by atoms with Gasteiger partial charge < -0.3 is 29.1 Å². The molecule has 2 aliphatic heterocycles. The Hall–Kier alpha value is -5.30. The first-order valence-electron chi connectivity index (χ1n) is 15.5. The van der Waals surface area contributed by atoms with Crippen LogP contribution < -0.4 is 29.8 Å². The highest BCUT2D eigenvalue weighted by molar-refractivity contribution is 6.06. The van der Waals surface area contributed by atoms with Gasteiger partial charge >= 0.3 is 5.97 Å². The van der Waals surface area contributed by atoms with E-state index in [1.807, 2.05) is 24.3 Å². The normalized spacial score (nSPS) is 16.1. The van der Waals surface area contributed by atoms with Crippen LogP contribution in [-0.4, -0.2) is 65.4 Å². The van der Waals surface area contributed by atoms with Crippen molar-refractivity contribution in [3.05, 3.63) is 99.1 Å². The van der Waals surface area contributed by atoms with E-state index >= 15 is 0 Å². The van der Waals surface area contributed by atoms with Crippen LogP contribution in [-0.2, 0) is 38.9 Å². The highest BCUT2D eigenvalue weighted by Gasteiger charge is 2.48. The predicted molar refractivity (Wildman–Crippen MR) is 174 cm³/mol. The SMILES string of the molecule is COc1ccc(COc2cn(OCc3ccc(OC)cc3)c(CNC(=O)C3=C(C(=O)OC(C)(C)C)N4C(=O)[C@@H](C)CN4C3)cc2=O)cc1. The largest absolute Gasteiger partial charge is 0.497 e. The minimum atomic E-state index is -0.845. The van der Waals surface area contributed by atoms with E-state index in [2.05, 4.69) is 5.32 Å². The van der Waals surface area contributed by atoms with Crippen molar-refractivity contribution >= 4 is 17.8 Å². The van der Waals surface area contributed by atoms with Gasteiger partial charge in [0.05, 0.1) is 50.7 Å². The van der Waals surface area contributed by atoms with Crippen LogP contribution in [0.2, 0.25) is 0 Å². The zero-order chi connectivity index (χ0) is 34.6.